The molecule has 1 aromatic carbocycles. The zero-order valence-corrected chi connectivity index (χ0v) is 12.4. The number of pyridine rings is 1. The SMILES string of the molecule is CCOc1c(C)nc2ccccc2c1C(=O)NC(C)C. The first-order valence-corrected chi connectivity index (χ1v) is 6.87. The Hall–Kier alpha value is -2.10. The molecule has 0 saturated heterocycles. The van der Waals surface area contributed by atoms with Crippen LogP contribution in [0.4, 0.5) is 0 Å². The van der Waals surface area contributed by atoms with Gasteiger partial charge in [-0.1, -0.05) is 18.2 Å². The number of rotatable bonds is 4. The maximum absolute atomic E-state index is 12.5. The summed E-state index contributed by atoms with van der Waals surface area (Å²) in [4.78, 5) is 17.0. The number of aryl methyl sites for hydroxylation is 1. The van der Waals surface area contributed by atoms with Crippen molar-refractivity contribution in [2.75, 3.05) is 6.61 Å². The van der Waals surface area contributed by atoms with E-state index in [1.54, 1.807) is 0 Å². The fourth-order valence-electron chi connectivity index (χ4n) is 2.20. The zero-order chi connectivity index (χ0) is 14.7. The summed E-state index contributed by atoms with van der Waals surface area (Å²) in [6.45, 7) is 8.15. The summed E-state index contributed by atoms with van der Waals surface area (Å²) in [5, 5.41) is 3.75. The van der Waals surface area contributed by atoms with Gasteiger partial charge < -0.3 is 10.1 Å². The first-order chi connectivity index (χ1) is 9.54. The van der Waals surface area contributed by atoms with Crippen LogP contribution in [0.5, 0.6) is 5.75 Å². The largest absolute Gasteiger partial charge is 0.491 e. The van der Waals surface area contributed by atoms with Gasteiger partial charge >= 0.3 is 0 Å². The van der Waals surface area contributed by atoms with Crippen LogP contribution in [0, 0.1) is 6.92 Å². The maximum Gasteiger partial charge on any atom is 0.256 e. The lowest BCUT2D eigenvalue weighted by Crippen LogP contribution is -2.31. The molecular formula is C16H20N2O2. The Bertz CT molecular complexity index is 636. The van der Waals surface area contributed by atoms with E-state index in [9.17, 15) is 4.79 Å². The number of aromatic nitrogens is 1. The molecule has 0 unspecified atom stereocenters. The molecule has 0 bridgehead atoms. The lowest BCUT2D eigenvalue weighted by Gasteiger charge is -2.16. The summed E-state index contributed by atoms with van der Waals surface area (Å²) < 4.78 is 5.66. The van der Waals surface area contributed by atoms with Gasteiger partial charge in [-0.3, -0.25) is 4.79 Å². The molecule has 0 aliphatic heterocycles. The van der Waals surface area contributed by atoms with Crippen molar-refractivity contribution in [3.63, 3.8) is 0 Å². The number of nitrogens with one attached hydrogen (secondary N) is 1. The van der Waals surface area contributed by atoms with Crippen LogP contribution in [-0.2, 0) is 0 Å². The van der Waals surface area contributed by atoms with E-state index in [4.69, 9.17) is 4.74 Å². The molecule has 2 rings (SSSR count). The second-order valence-electron chi connectivity index (χ2n) is 4.98. The van der Waals surface area contributed by atoms with Crippen LogP contribution >= 0.6 is 0 Å². The number of hydrogen-bond donors (Lipinski definition) is 1. The third-order valence-electron chi connectivity index (χ3n) is 2.95. The Kier molecular flexibility index (Phi) is 4.23. The molecule has 106 valence electrons. The molecule has 0 fully saturated rings. The van der Waals surface area contributed by atoms with Gasteiger partial charge in [-0.05, 0) is 33.8 Å². The van der Waals surface area contributed by atoms with Gasteiger partial charge in [0, 0.05) is 11.4 Å². The number of carbonyl (C=O) groups excluding carboxylic acids is 1. The molecule has 0 atom stereocenters. The minimum atomic E-state index is -0.120. The third kappa shape index (κ3) is 2.74. The lowest BCUT2D eigenvalue weighted by atomic mass is 10.1. The Balaban J connectivity index is 2.68. The van der Waals surface area contributed by atoms with Crippen LogP contribution in [-0.4, -0.2) is 23.5 Å². The molecule has 0 saturated carbocycles. The van der Waals surface area contributed by atoms with Gasteiger partial charge in [-0.2, -0.15) is 0 Å². The van der Waals surface area contributed by atoms with Gasteiger partial charge in [0.1, 0.15) is 0 Å². The van der Waals surface area contributed by atoms with Crippen LogP contribution in [0.25, 0.3) is 10.9 Å². The van der Waals surface area contributed by atoms with Gasteiger partial charge in [-0.25, -0.2) is 4.98 Å². The summed E-state index contributed by atoms with van der Waals surface area (Å²) in [6, 6.07) is 7.70. The molecule has 2 aromatic rings. The monoisotopic (exact) mass is 272 g/mol. The molecule has 0 aliphatic rings. The number of benzene rings is 1. The lowest BCUT2D eigenvalue weighted by molar-refractivity contribution is 0.0941. The van der Waals surface area contributed by atoms with Gasteiger partial charge in [0.25, 0.3) is 5.91 Å². The third-order valence-corrected chi connectivity index (χ3v) is 2.95. The Morgan fingerprint density at radius 3 is 2.70 bits per heavy atom. The van der Waals surface area contributed by atoms with E-state index in [1.165, 1.54) is 0 Å². The van der Waals surface area contributed by atoms with Crippen molar-refractivity contribution in [1.82, 2.24) is 10.3 Å². The van der Waals surface area contributed by atoms with E-state index in [0.29, 0.717) is 17.9 Å². The minimum Gasteiger partial charge on any atom is -0.491 e. The molecule has 1 aromatic heterocycles. The Morgan fingerprint density at radius 2 is 2.05 bits per heavy atom. The summed E-state index contributed by atoms with van der Waals surface area (Å²) in [5.41, 5.74) is 2.12. The van der Waals surface area contributed by atoms with Gasteiger partial charge in [0.2, 0.25) is 0 Å². The number of para-hydroxylation sites is 1. The highest BCUT2D eigenvalue weighted by atomic mass is 16.5. The van der Waals surface area contributed by atoms with Crippen molar-refractivity contribution in [2.45, 2.75) is 33.7 Å². The van der Waals surface area contributed by atoms with Crippen molar-refractivity contribution >= 4 is 16.8 Å². The molecule has 4 nitrogen and oxygen atoms in total. The van der Waals surface area contributed by atoms with Crippen LogP contribution in [0.1, 0.15) is 36.8 Å². The van der Waals surface area contributed by atoms with Crippen LogP contribution < -0.4 is 10.1 Å². The molecule has 1 heterocycles. The predicted octanol–water partition coefficient (Wildman–Crippen LogP) is 3.08. The molecule has 20 heavy (non-hydrogen) atoms. The van der Waals surface area contributed by atoms with E-state index in [-0.39, 0.29) is 11.9 Å². The van der Waals surface area contributed by atoms with Crippen LogP contribution in [0.2, 0.25) is 0 Å². The summed E-state index contributed by atoms with van der Waals surface area (Å²) in [6.07, 6.45) is 0. The topological polar surface area (TPSA) is 51.2 Å². The van der Waals surface area contributed by atoms with Crippen molar-refractivity contribution < 1.29 is 9.53 Å². The van der Waals surface area contributed by atoms with Crippen molar-refractivity contribution in [3.8, 4) is 5.75 Å². The van der Waals surface area contributed by atoms with E-state index < -0.39 is 0 Å². The summed E-state index contributed by atoms with van der Waals surface area (Å²) in [5.74, 6) is 0.453. The maximum atomic E-state index is 12.5. The number of fused-ring (bicyclic) bond motifs is 1. The van der Waals surface area contributed by atoms with Crippen molar-refractivity contribution in [3.05, 3.63) is 35.5 Å². The zero-order valence-electron chi connectivity index (χ0n) is 12.4. The Morgan fingerprint density at radius 1 is 1.35 bits per heavy atom. The first-order valence-electron chi connectivity index (χ1n) is 6.87. The fraction of sp³-hybridized carbons (Fsp3) is 0.375. The second-order valence-corrected chi connectivity index (χ2v) is 4.98. The standard InChI is InChI=1S/C16H20N2O2/c1-5-20-15-11(4)18-13-9-7-6-8-12(13)14(15)16(19)17-10(2)3/h6-10H,5H2,1-4H3,(H,17,19). The van der Waals surface area contributed by atoms with Gasteiger partial charge in [0.05, 0.1) is 23.4 Å². The van der Waals surface area contributed by atoms with E-state index in [1.807, 2.05) is 52.0 Å². The number of nitrogens with zero attached hydrogens (tertiary/aromatic N) is 1. The fourth-order valence-corrected chi connectivity index (χ4v) is 2.20. The smallest absolute Gasteiger partial charge is 0.256 e. The van der Waals surface area contributed by atoms with Gasteiger partial charge in [0.15, 0.2) is 5.75 Å². The summed E-state index contributed by atoms with van der Waals surface area (Å²) >= 11 is 0. The molecule has 0 radical (unpaired) electrons. The minimum absolute atomic E-state index is 0.0733. The highest BCUT2D eigenvalue weighted by Crippen LogP contribution is 2.29. The first kappa shape index (κ1) is 14.3. The summed E-state index contributed by atoms with van der Waals surface area (Å²) in [7, 11) is 0. The molecule has 1 amide bonds. The van der Waals surface area contributed by atoms with Crippen LogP contribution in [0.3, 0.4) is 0 Å². The Labute approximate surface area is 119 Å². The second kappa shape index (κ2) is 5.90. The average molecular weight is 272 g/mol. The molecule has 0 aliphatic carbocycles. The van der Waals surface area contributed by atoms with E-state index in [2.05, 4.69) is 10.3 Å². The number of ether oxygens (including phenoxy) is 1. The molecule has 4 heteroatoms. The van der Waals surface area contributed by atoms with E-state index >= 15 is 0 Å². The van der Waals surface area contributed by atoms with Gasteiger partial charge in [-0.15, -0.1) is 0 Å². The van der Waals surface area contributed by atoms with Crippen molar-refractivity contribution in [2.24, 2.45) is 0 Å². The number of amides is 1. The number of carbonyl (C=O) groups is 1. The highest BCUT2D eigenvalue weighted by molar-refractivity contribution is 6.08. The molecular weight excluding hydrogens is 252 g/mol. The molecule has 0 spiro atoms. The highest BCUT2D eigenvalue weighted by Gasteiger charge is 2.20. The average Bonchev–Trinajstić information content (AvgIpc) is 2.38. The van der Waals surface area contributed by atoms with Crippen LogP contribution in [0.15, 0.2) is 24.3 Å². The van der Waals surface area contributed by atoms with E-state index in [0.717, 1.165) is 16.6 Å². The van der Waals surface area contributed by atoms with Crippen molar-refractivity contribution in [1.29, 1.82) is 0 Å². The number of hydrogen-bond acceptors (Lipinski definition) is 3. The predicted molar refractivity (Wildman–Crippen MR) is 80.3 cm³/mol. The quantitative estimate of drug-likeness (QED) is 0.930. The normalized spacial score (nSPS) is 10.8. The molecule has 1 N–H and O–H groups in total.